The smallest absolute Gasteiger partial charge is 0.294 e. The Balaban J connectivity index is 2.25. The average molecular weight is 457 g/mol. The van der Waals surface area contributed by atoms with Crippen molar-refractivity contribution in [3.8, 4) is 6.07 Å². The van der Waals surface area contributed by atoms with Gasteiger partial charge in [-0.05, 0) is 38.7 Å². The second kappa shape index (κ2) is 9.57. The third-order valence-corrected chi connectivity index (χ3v) is 7.13. The second-order valence-corrected chi connectivity index (χ2v) is 10.9. The average Bonchev–Trinajstić information content (AvgIpc) is 3.01. The highest BCUT2D eigenvalue weighted by Crippen LogP contribution is 2.20. The van der Waals surface area contributed by atoms with Gasteiger partial charge >= 0.3 is 0 Å². The van der Waals surface area contributed by atoms with Crippen LogP contribution < -0.4 is 5.32 Å². The fourth-order valence-corrected chi connectivity index (χ4v) is 5.21. The van der Waals surface area contributed by atoms with Crippen molar-refractivity contribution >= 4 is 31.5 Å². The molecular weight excluding hydrogens is 432 g/mol. The fraction of sp³-hybridized carbons (Fsp3) is 0.444. The van der Waals surface area contributed by atoms with E-state index in [1.807, 2.05) is 19.0 Å². The molecule has 1 unspecified atom stereocenters. The number of sulfone groups is 1. The zero-order valence-corrected chi connectivity index (χ0v) is 18.3. The van der Waals surface area contributed by atoms with E-state index in [0.717, 1.165) is 12.1 Å². The standard InChI is InChI=1S/C18H24N4O6S2/c1-21(2)7-8-22(16-6-9-29(24,25)13-16)12-14(11-19)18(23)20-15-4-3-5-17(10-15)30(26,27)28/h3-5,10,12,16H,6-9,13H2,1-2H3,(H,20,23)(H,26,27,28)/b14-12-. The molecular formula is C18H24N4O6S2. The van der Waals surface area contributed by atoms with E-state index in [0.29, 0.717) is 19.5 Å². The summed E-state index contributed by atoms with van der Waals surface area (Å²) in [4.78, 5) is 15.7. The van der Waals surface area contributed by atoms with E-state index >= 15 is 0 Å². The van der Waals surface area contributed by atoms with Crippen molar-refractivity contribution in [3.05, 3.63) is 36.0 Å². The Morgan fingerprint density at radius 2 is 2.07 bits per heavy atom. The van der Waals surface area contributed by atoms with Crippen molar-refractivity contribution in [2.45, 2.75) is 17.4 Å². The van der Waals surface area contributed by atoms with E-state index in [4.69, 9.17) is 4.55 Å². The summed E-state index contributed by atoms with van der Waals surface area (Å²) >= 11 is 0. The van der Waals surface area contributed by atoms with Crippen LogP contribution in [0.2, 0.25) is 0 Å². The van der Waals surface area contributed by atoms with Crippen LogP contribution in [0.25, 0.3) is 0 Å². The summed E-state index contributed by atoms with van der Waals surface area (Å²) in [6, 6.07) is 6.44. The molecule has 0 aliphatic carbocycles. The van der Waals surface area contributed by atoms with E-state index in [2.05, 4.69) is 5.32 Å². The minimum Gasteiger partial charge on any atom is -0.371 e. The number of anilines is 1. The largest absolute Gasteiger partial charge is 0.371 e. The predicted molar refractivity (Wildman–Crippen MR) is 111 cm³/mol. The fourth-order valence-electron chi connectivity index (χ4n) is 2.94. The van der Waals surface area contributed by atoms with Gasteiger partial charge < -0.3 is 15.1 Å². The minimum atomic E-state index is -4.44. The summed E-state index contributed by atoms with van der Waals surface area (Å²) in [5.41, 5.74) is -0.171. The van der Waals surface area contributed by atoms with E-state index < -0.39 is 30.8 Å². The van der Waals surface area contributed by atoms with Crippen LogP contribution in [0.4, 0.5) is 5.69 Å². The van der Waals surface area contributed by atoms with Crippen LogP contribution >= 0.6 is 0 Å². The predicted octanol–water partition coefficient (Wildman–Crippen LogP) is 0.330. The molecule has 2 rings (SSSR count). The zero-order valence-electron chi connectivity index (χ0n) is 16.6. The maximum absolute atomic E-state index is 12.6. The molecule has 1 aromatic carbocycles. The van der Waals surface area contributed by atoms with Gasteiger partial charge in [-0.15, -0.1) is 0 Å². The molecule has 12 heteroatoms. The van der Waals surface area contributed by atoms with Crippen molar-refractivity contribution in [2.24, 2.45) is 0 Å². The Bertz CT molecular complexity index is 1070. The number of nitriles is 1. The van der Waals surface area contributed by atoms with Crippen molar-refractivity contribution in [2.75, 3.05) is 44.0 Å². The van der Waals surface area contributed by atoms with Gasteiger partial charge in [-0.2, -0.15) is 13.7 Å². The molecule has 1 saturated heterocycles. The van der Waals surface area contributed by atoms with E-state index in [-0.39, 0.29) is 28.8 Å². The zero-order chi connectivity index (χ0) is 22.5. The van der Waals surface area contributed by atoms with Crippen LogP contribution in [0, 0.1) is 11.3 Å². The monoisotopic (exact) mass is 456 g/mol. The number of benzene rings is 1. The van der Waals surface area contributed by atoms with Gasteiger partial charge in [0.05, 0.1) is 16.4 Å². The highest BCUT2D eigenvalue weighted by atomic mass is 32.2. The summed E-state index contributed by atoms with van der Waals surface area (Å²) < 4.78 is 55.3. The first-order chi connectivity index (χ1) is 13.9. The molecule has 1 aliphatic heterocycles. The molecule has 0 radical (unpaired) electrons. The molecule has 0 saturated carbocycles. The van der Waals surface area contributed by atoms with Gasteiger partial charge in [0.15, 0.2) is 9.84 Å². The highest BCUT2D eigenvalue weighted by molar-refractivity contribution is 7.91. The molecule has 2 N–H and O–H groups in total. The lowest BCUT2D eigenvalue weighted by Gasteiger charge is -2.28. The number of carbonyl (C=O) groups excluding carboxylic acids is 1. The number of rotatable bonds is 8. The molecule has 0 aromatic heterocycles. The van der Waals surface area contributed by atoms with Gasteiger partial charge in [0.2, 0.25) is 0 Å². The van der Waals surface area contributed by atoms with Crippen molar-refractivity contribution < 1.29 is 26.2 Å². The molecule has 1 aromatic rings. The lowest BCUT2D eigenvalue weighted by atomic mass is 10.2. The Morgan fingerprint density at radius 1 is 1.37 bits per heavy atom. The quantitative estimate of drug-likeness (QED) is 0.321. The third-order valence-electron chi connectivity index (χ3n) is 4.53. The minimum absolute atomic E-state index is 0.0480. The molecule has 1 fully saturated rings. The number of carbonyl (C=O) groups is 1. The third kappa shape index (κ3) is 6.81. The van der Waals surface area contributed by atoms with E-state index in [1.54, 1.807) is 11.0 Å². The summed E-state index contributed by atoms with van der Waals surface area (Å²) in [5.74, 6) is -0.769. The van der Waals surface area contributed by atoms with E-state index in [1.165, 1.54) is 18.3 Å². The van der Waals surface area contributed by atoms with Gasteiger partial charge in [-0.3, -0.25) is 9.35 Å². The first-order valence-electron chi connectivity index (χ1n) is 9.03. The molecule has 10 nitrogen and oxygen atoms in total. The lowest BCUT2D eigenvalue weighted by molar-refractivity contribution is -0.112. The highest BCUT2D eigenvalue weighted by Gasteiger charge is 2.31. The molecule has 1 atom stereocenters. The number of hydrogen-bond donors (Lipinski definition) is 2. The van der Waals surface area contributed by atoms with Crippen LogP contribution in [0.5, 0.6) is 0 Å². The molecule has 0 bridgehead atoms. The van der Waals surface area contributed by atoms with Crippen molar-refractivity contribution in [1.29, 1.82) is 5.26 Å². The molecule has 1 heterocycles. The number of amides is 1. The Labute approximate surface area is 176 Å². The molecule has 0 spiro atoms. The van der Waals surface area contributed by atoms with Crippen LogP contribution in [-0.2, 0) is 24.7 Å². The molecule has 164 valence electrons. The normalized spacial score (nSPS) is 18.8. The second-order valence-electron chi connectivity index (χ2n) is 7.21. The topological polar surface area (TPSA) is 148 Å². The van der Waals surface area contributed by atoms with E-state index in [9.17, 15) is 26.9 Å². The van der Waals surface area contributed by atoms with Crippen molar-refractivity contribution in [3.63, 3.8) is 0 Å². The summed E-state index contributed by atoms with van der Waals surface area (Å²) in [7, 11) is -3.89. The Hall–Kier alpha value is -2.46. The number of nitrogens with zero attached hydrogens (tertiary/aromatic N) is 3. The van der Waals surface area contributed by atoms with Gasteiger partial charge in [0, 0.05) is 31.0 Å². The summed E-state index contributed by atoms with van der Waals surface area (Å²) in [5, 5.41) is 11.9. The van der Waals surface area contributed by atoms with Crippen LogP contribution in [0.3, 0.4) is 0 Å². The van der Waals surface area contributed by atoms with Gasteiger partial charge in [-0.25, -0.2) is 8.42 Å². The lowest BCUT2D eigenvalue weighted by Crippen LogP contribution is -2.37. The SMILES string of the molecule is CN(C)CCN(/C=C(/C#N)C(=O)Nc1cccc(S(=O)(=O)O)c1)C1CCS(=O)(=O)C1. The summed E-state index contributed by atoms with van der Waals surface area (Å²) in [6.07, 6.45) is 1.75. The molecule has 1 amide bonds. The number of hydrogen-bond acceptors (Lipinski definition) is 8. The van der Waals surface area contributed by atoms with Crippen molar-refractivity contribution in [1.82, 2.24) is 9.80 Å². The van der Waals surface area contributed by atoms with Gasteiger partial charge in [0.1, 0.15) is 11.6 Å². The maximum atomic E-state index is 12.6. The molecule has 1 aliphatic rings. The first kappa shape index (κ1) is 23.8. The van der Waals surface area contributed by atoms with Crippen LogP contribution in [0.1, 0.15) is 6.42 Å². The van der Waals surface area contributed by atoms with Gasteiger partial charge in [0.25, 0.3) is 16.0 Å². The van der Waals surface area contributed by atoms with Crippen LogP contribution in [-0.4, -0.2) is 81.8 Å². The number of likely N-dealkylation sites (N-methyl/N-ethyl adjacent to an activating group) is 1. The molecule has 30 heavy (non-hydrogen) atoms. The first-order valence-corrected chi connectivity index (χ1v) is 12.3. The Morgan fingerprint density at radius 3 is 2.60 bits per heavy atom. The maximum Gasteiger partial charge on any atom is 0.294 e. The van der Waals surface area contributed by atoms with Gasteiger partial charge in [-0.1, -0.05) is 6.07 Å². The Kier molecular flexibility index (Phi) is 7.59. The van der Waals surface area contributed by atoms with Crippen LogP contribution in [0.15, 0.2) is 40.9 Å². The number of nitrogens with one attached hydrogen (secondary N) is 1. The summed E-state index contributed by atoms with van der Waals surface area (Å²) in [6.45, 7) is 1.01.